The van der Waals surface area contributed by atoms with Gasteiger partial charge < -0.3 is 9.64 Å². The average Bonchev–Trinajstić information content (AvgIpc) is 3.23. The Kier molecular flexibility index (Phi) is 6.43. The fourth-order valence-corrected chi connectivity index (χ4v) is 5.11. The van der Waals surface area contributed by atoms with E-state index >= 15 is 0 Å². The number of aromatic nitrogens is 2. The van der Waals surface area contributed by atoms with Gasteiger partial charge in [0.2, 0.25) is 0 Å². The van der Waals surface area contributed by atoms with Gasteiger partial charge in [0.25, 0.3) is 5.56 Å². The Morgan fingerprint density at radius 3 is 2.77 bits per heavy atom. The highest BCUT2D eigenvalue weighted by Crippen LogP contribution is 2.36. The lowest BCUT2D eigenvalue weighted by atomic mass is 9.98. The summed E-state index contributed by atoms with van der Waals surface area (Å²) in [6.45, 7) is 1.30. The molecule has 2 aromatic rings. The third-order valence-electron chi connectivity index (χ3n) is 6.65. The predicted octanol–water partition coefficient (Wildman–Crippen LogP) is 4.58. The molecule has 0 N–H and O–H groups in total. The van der Waals surface area contributed by atoms with Gasteiger partial charge in [0, 0.05) is 19.7 Å². The first-order chi connectivity index (χ1) is 16.7. The normalized spacial score (nSPS) is 24.7. The highest BCUT2D eigenvalue weighted by molar-refractivity contribution is 6.33. The Labute approximate surface area is 203 Å². The molecule has 13 heteroatoms. The topological polar surface area (TPSA) is 75.3 Å². The summed E-state index contributed by atoms with van der Waals surface area (Å²) in [4.78, 5) is 14.7. The molecular formula is C22H23ClF4N6O2. The minimum atomic E-state index is -4.68. The zero-order chi connectivity index (χ0) is 24.7. The van der Waals surface area contributed by atoms with Gasteiger partial charge in [-0.05, 0) is 43.4 Å². The van der Waals surface area contributed by atoms with E-state index in [0.717, 1.165) is 25.0 Å². The van der Waals surface area contributed by atoms with Crippen LogP contribution in [0.3, 0.4) is 0 Å². The van der Waals surface area contributed by atoms with Gasteiger partial charge in [-0.3, -0.25) is 9.80 Å². The van der Waals surface area contributed by atoms with E-state index in [4.69, 9.17) is 16.3 Å². The summed E-state index contributed by atoms with van der Waals surface area (Å²) >= 11 is 6.43. The van der Waals surface area contributed by atoms with Crippen LogP contribution in [-0.4, -0.2) is 46.6 Å². The number of alkyl halides is 3. The van der Waals surface area contributed by atoms with Crippen LogP contribution in [-0.2, 0) is 17.5 Å². The smallest absolute Gasteiger partial charge is 0.366 e. The van der Waals surface area contributed by atoms with Gasteiger partial charge in [-0.1, -0.05) is 22.9 Å². The third-order valence-corrected chi connectivity index (χ3v) is 7.00. The van der Waals surface area contributed by atoms with Crippen molar-refractivity contribution < 1.29 is 22.3 Å². The molecule has 0 aliphatic carbocycles. The Morgan fingerprint density at radius 2 is 2.03 bits per heavy atom. The maximum Gasteiger partial charge on any atom is 0.416 e. The van der Waals surface area contributed by atoms with Crippen LogP contribution >= 0.6 is 11.6 Å². The van der Waals surface area contributed by atoms with Crippen LogP contribution in [0.25, 0.3) is 0 Å². The van der Waals surface area contributed by atoms with Gasteiger partial charge in [-0.15, -0.1) is 0 Å². The van der Waals surface area contributed by atoms with Crippen molar-refractivity contribution >= 4 is 17.3 Å². The Hall–Kier alpha value is -2.73. The molecule has 2 saturated heterocycles. The molecule has 0 spiro atoms. The molecule has 2 fully saturated rings. The summed E-state index contributed by atoms with van der Waals surface area (Å²) in [5.74, 6) is -0.947. The maximum absolute atomic E-state index is 13.4. The number of nitrogens with zero attached hydrogens (tertiary/aromatic N) is 6. The highest BCUT2D eigenvalue weighted by Gasteiger charge is 2.40. The number of rotatable bonds is 4. The molecule has 188 valence electrons. The van der Waals surface area contributed by atoms with Gasteiger partial charge in [-0.25, -0.2) is 4.39 Å². The monoisotopic (exact) mass is 514 g/mol. The number of piperidine rings is 1. The van der Waals surface area contributed by atoms with Gasteiger partial charge in [0.1, 0.15) is 16.9 Å². The van der Waals surface area contributed by atoms with Crippen molar-refractivity contribution in [2.45, 2.75) is 56.7 Å². The van der Waals surface area contributed by atoms with Crippen molar-refractivity contribution in [2.75, 3.05) is 24.6 Å². The molecule has 3 aliphatic heterocycles. The molecule has 3 aliphatic rings. The Bertz CT molecular complexity index is 1180. The molecular weight excluding hydrogens is 492 g/mol. The van der Waals surface area contributed by atoms with Crippen LogP contribution < -0.4 is 10.5 Å². The number of anilines is 1. The van der Waals surface area contributed by atoms with Crippen LogP contribution in [0.4, 0.5) is 23.2 Å². The van der Waals surface area contributed by atoms with E-state index < -0.39 is 29.3 Å². The summed E-state index contributed by atoms with van der Waals surface area (Å²) in [6.07, 6.45) is -0.459. The lowest BCUT2D eigenvalue weighted by molar-refractivity contribution is -0.138. The standard InChI is InChI=1S/C22H23ClF4N6O2/c23-20-18(10-28-33(21(20)34)19-3-1-2-8-35-19)31-7-6-17-16(12-31)29-30-32(17)11-13-4-5-14(24)9-15(13)22(25,26)27/h4-5,9-10,16-17,19H,1-3,6-8,11-12H2. The quantitative estimate of drug-likeness (QED) is 0.558. The summed E-state index contributed by atoms with van der Waals surface area (Å²) in [5, 5.41) is 14.2. The molecule has 35 heavy (non-hydrogen) atoms. The van der Waals surface area contributed by atoms with Gasteiger partial charge in [-0.2, -0.15) is 28.1 Å². The van der Waals surface area contributed by atoms with Crippen molar-refractivity contribution in [3.05, 3.63) is 56.7 Å². The molecule has 3 unspecified atom stereocenters. The molecule has 5 rings (SSSR count). The van der Waals surface area contributed by atoms with E-state index in [1.165, 1.54) is 9.69 Å². The minimum Gasteiger partial charge on any atom is -0.366 e. The lowest BCUT2D eigenvalue weighted by Gasteiger charge is -2.37. The predicted molar refractivity (Wildman–Crippen MR) is 119 cm³/mol. The number of fused-ring (bicyclic) bond motifs is 1. The number of halogens is 5. The fourth-order valence-electron chi connectivity index (χ4n) is 4.85. The number of hydrogen-bond donors (Lipinski definition) is 0. The zero-order valence-electron chi connectivity index (χ0n) is 18.6. The van der Waals surface area contributed by atoms with Gasteiger partial charge in [0.05, 0.1) is 30.0 Å². The lowest BCUT2D eigenvalue weighted by Crippen LogP contribution is -2.49. The number of hydrogen-bond acceptors (Lipinski definition) is 7. The van der Waals surface area contributed by atoms with Crippen molar-refractivity contribution in [2.24, 2.45) is 10.3 Å². The number of ether oxygens (including phenoxy) is 1. The minimum absolute atomic E-state index is 0.0422. The van der Waals surface area contributed by atoms with E-state index in [9.17, 15) is 22.4 Å². The van der Waals surface area contributed by atoms with Crippen LogP contribution in [0.1, 0.15) is 43.0 Å². The fraction of sp³-hybridized carbons (Fsp3) is 0.545. The maximum atomic E-state index is 13.4. The first-order valence-corrected chi connectivity index (χ1v) is 11.8. The molecule has 0 bridgehead atoms. The van der Waals surface area contributed by atoms with Crippen molar-refractivity contribution in [3.8, 4) is 0 Å². The molecule has 8 nitrogen and oxygen atoms in total. The number of benzene rings is 1. The Balaban J connectivity index is 1.30. The van der Waals surface area contributed by atoms with Crippen LogP contribution in [0.15, 0.2) is 39.5 Å². The van der Waals surface area contributed by atoms with Crippen LogP contribution in [0, 0.1) is 5.82 Å². The van der Waals surface area contributed by atoms with E-state index in [2.05, 4.69) is 15.4 Å². The molecule has 0 saturated carbocycles. The van der Waals surface area contributed by atoms with E-state index in [1.807, 2.05) is 4.90 Å². The van der Waals surface area contributed by atoms with Crippen LogP contribution in [0.2, 0.25) is 5.02 Å². The second kappa shape index (κ2) is 9.38. The molecule has 1 aromatic heterocycles. The molecule has 4 heterocycles. The molecule has 0 amide bonds. The second-order valence-corrected chi connectivity index (χ2v) is 9.26. The van der Waals surface area contributed by atoms with E-state index in [0.29, 0.717) is 44.3 Å². The van der Waals surface area contributed by atoms with Crippen molar-refractivity contribution in [1.82, 2.24) is 14.8 Å². The molecule has 3 atom stereocenters. The van der Waals surface area contributed by atoms with Gasteiger partial charge >= 0.3 is 6.18 Å². The van der Waals surface area contributed by atoms with Gasteiger partial charge in [0.15, 0.2) is 6.23 Å². The first-order valence-electron chi connectivity index (χ1n) is 11.4. The van der Waals surface area contributed by atoms with E-state index in [1.54, 1.807) is 6.20 Å². The molecule has 0 radical (unpaired) electrons. The summed E-state index contributed by atoms with van der Waals surface area (Å²) in [6, 6.07) is 2.09. The van der Waals surface area contributed by atoms with Crippen LogP contribution in [0.5, 0.6) is 0 Å². The SMILES string of the molecule is O=c1c(Cl)c(N2CCC3C(C2)N=NN3Cc2ccc(F)cc2C(F)(F)F)cnn1C1CCCCO1. The van der Waals surface area contributed by atoms with Crippen molar-refractivity contribution in [1.29, 1.82) is 0 Å². The molecule has 1 aromatic carbocycles. The Morgan fingerprint density at radius 1 is 1.20 bits per heavy atom. The summed E-state index contributed by atoms with van der Waals surface area (Å²) in [5.41, 5.74) is -1.03. The third kappa shape index (κ3) is 4.73. The summed E-state index contributed by atoms with van der Waals surface area (Å²) < 4.78 is 60.5. The second-order valence-electron chi connectivity index (χ2n) is 8.89. The zero-order valence-corrected chi connectivity index (χ0v) is 19.3. The summed E-state index contributed by atoms with van der Waals surface area (Å²) in [7, 11) is 0. The average molecular weight is 515 g/mol. The van der Waals surface area contributed by atoms with Crippen molar-refractivity contribution in [3.63, 3.8) is 0 Å². The van der Waals surface area contributed by atoms with E-state index in [-0.39, 0.29) is 29.2 Å². The first kappa shape index (κ1) is 24.0. The largest absolute Gasteiger partial charge is 0.416 e. The highest BCUT2D eigenvalue weighted by atomic mass is 35.5.